The Balaban J connectivity index is 1.33. The van der Waals surface area contributed by atoms with Gasteiger partial charge in [-0.05, 0) is 17.7 Å². The fourth-order valence-electron chi connectivity index (χ4n) is 3.62. The number of halogens is 1. The van der Waals surface area contributed by atoms with Gasteiger partial charge in [-0.2, -0.15) is 0 Å². The normalized spacial score (nSPS) is 20.0. The maximum Gasteiger partial charge on any atom is 0.276 e. The number of benzene rings is 1. The molecule has 4 rings (SSSR count). The molecule has 0 saturated carbocycles. The van der Waals surface area contributed by atoms with Gasteiger partial charge < -0.3 is 14.5 Å². The predicted molar refractivity (Wildman–Crippen MR) is 96.7 cm³/mol. The Labute approximate surface area is 161 Å². The van der Waals surface area contributed by atoms with Crippen molar-refractivity contribution in [3.8, 4) is 0 Å². The van der Waals surface area contributed by atoms with Crippen molar-refractivity contribution in [2.24, 2.45) is 5.92 Å². The molecule has 28 heavy (non-hydrogen) atoms. The van der Waals surface area contributed by atoms with Gasteiger partial charge in [-0.1, -0.05) is 17.3 Å². The van der Waals surface area contributed by atoms with Crippen LogP contribution in [0.25, 0.3) is 0 Å². The minimum Gasteiger partial charge on any atom is -0.378 e. The molecule has 2 aliphatic heterocycles. The van der Waals surface area contributed by atoms with Crippen LogP contribution in [0.1, 0.15) is 22.5 Å². The molecule has 0 radical (unpaired) electrons. The molecule has 0 spiro atoms. The van der Waals surface area contributed by atoms with Crippen LogP contribution in [-0.4, -0.2) is 69.5 Å². The highest BCUT2D eigenvalue weighted by Crippen LogP contribution is 2.22. The Morgan fingerprint density at radius 1 is 1.21 bits per heavy atom. The molecule has 1 atom stereocenters. The Bertz CT molecular complexity index is 848. The average molecular weight is 387 g/mol. The van der Waals surface area contributed by atoms with Crippen molar-refractivity contribution in [2.45, 2.75) is 19.5 Å². The van der Waals surface area contributed by atoms with Gasteiger partial charge in [0.05, 0.1) is 19.4 Å². The minimum atomic E-state index is -0.289. The quantitative estimate of drug-likeness (QED) is 0.763. The van der Waals surface area contributed by atoms with E-state index in [2.05, 4.69) is 10.3 Å². The zero-order valence-electron chi connectivity index (χ0n) is 15.5. The third kappa shape index (κ3) is 4.19. The van der Waals surface area contributed by atoms with Crippen molar-refractivity contribution < 1.29 is 18.7 Å². The number of likely N-dealkylation sites (tertiary alicyclic amines) is 1. The van der Waals surface area contributed by atoms with Crippen LogP contribution in [0.3, 0.4) is 0 Å². The molecule has 2 saturated heterocycles. The van der Waals surface area contributed by atoms with Crippen LogP contribution in [0, 0.1) is 11.7 Å². The number of amides is 2. The minimum absolute atomic E-state index is 0.0686. The van der Waals surface area contributed by atoms with Crippen molar-refractivity contribution in [3.05, 3.63) is 47.5 Å². The summed E-state index contributed by atoms with van der Waals surface area (Å²) >= 11 is 0. The molecular weight excluding hydrogens is 365 g/mol. The van der Waals surface area contributed by atoms with Crippen molar-refractivity contribution in [3.63, 3.8) is 0 Å². The second-order valence-corrected chi connectivity index (χ2v) is 7.20. The monoisotopic (exact) mass is 387 g/mol. The lowest BCUT2D eigenvalue weighted by Gasteiger charge is -2.25. The van der Waals surface area contributed by atoms with E-state index >= 15 is 0 Å². The summed E-state index contributed by atoms with van der Waals surface area (Å²) in [6.07, 6.45) is 2.07. The Morgan fingerprint density at radius 3 is 2.71 bits per heavy atom. The fourth-order valence-corrected chi connectivity index (χ4v) is 3.62. The second-order valence-electron chi connectivity index (χ2n) is 7.20. The van der Waals surface area contributed by atoms with E-state index in [0.717, 1.165) is 5.56 Å². The summed E-state index contributed by atoms with van der Waals surface area (Å²) in [6.45, 7) is 3.77. The number of rotatable bonds is 5. The van der Waals surface area contributed by atoms with Crippen molar-refractivity contribution >= 4 is 11.8 Å². The van der Waals surface area contributed by atoms with Crippen molar-refractivity contribution in [1.82, 2.24) is 24.8 Å². The summed E-state index contributed by atoms with van der Waals surface area (Å²) in [6, 6.07) is 6.18. The van der Waals surface area contributed by atoms with Crippen molar-refractivity contribution in [2.75, 3.05) is 32.8 Å². The van der Waals surface area contributed by atoms with Gasteiger partial charge in [0.15, 0.2) is 5.69 Å². The first-order valence-corrected chi connectivity index (χ1v) is 9.38. The number of morpholine rings is 1. The van der Waals surface area contributed by atoms with E-state index < -0.39 is 0 Å². The first-order chi connectivity index (χ1) is 13.6. The lowest BCUT2D eigenvalue weighted by molar-refractivity contribution is -0.128. The lowest BCUT2D eigenvalue weighted by atomic mass is 10.1. The number of carbonyl (C=O) groups excluding carboxylic acids is 2. The number of hydrogen-bond acceptors (Lipinski definition) is 5. The molecule has 2 amide bonds. The van der Waals surface area contributed by atoms with E-state index in [0.29, 0.717) is 58.1 Å². The number of ether oxygens (including phenoxy) is 1. The van der Waals surface area contributed by atoms with E-state index in [4.69, 9.17) is 4.74 Å². The highest BCUT2D eigenvalue weighted by atomic mass is 19.1. The van der Waals surface area contributed by atoms with Gasteiger partial charge in [-0.15, -0.1) is 5.10 Å². The number of nitrogens with zero attached hydrogens (tertiary/aromatic N) is 5. The van der Waals surface area contributed by atoms with Crippen LogP contribution in [0.5, 0.6) is 0 Å². The third-order valence-corrected chi connectivity index (χ3v) is 5.08. The maximum absolute atomic E-state index is 13.0. The van der Waals surface area contributed by atoms with E-state index in [1.165, 1.54) is 12.1 Å². The molecule has 0 N–H and O–H groups in total. The van der Waals surface area contributed by atoms with Gasteiger partial charge in [0, 0.05) is 45.1 Å². The van der Waals surface area contributed by atoms with Crippen LogP contribution < -0.4 is 0 Å². The summed E-state index contributed by atoms with van der Waals surface area (Å²) < 4.78 is 19.9. The number of aromatic nitrogens is 3. The Kier molecular flexibility index (Phi) is 5.34. The van der Waals surface area contributed by atoms with Gasteiger partial charge >= 0.3 is 0 Å². The van der Waals surface area contributed by atoms with Gasteiger partial charge in [0.1, 0.15) is 5.82 Å². The van der Waals surface area contributed by atoms with E-state index in [1.54, 1.807) is 32.8 Å². The molecule has 1 unspecified atom stereocenters. The smallest absolute Gasteiger partial charge is 0.276 e. The highest BCUT2D eigenvalue weighted by Gasteiger charge is 2.30. The molecule has 3 heterocycles. The molecule has 2 aromatic rings. The molecule has 1 aromatic heterocycles. The maximum atomic E-state index is 13.0. The van der Waals surface area contributed by atoms with E-state index in [1.807, 2.05) is 0 Å². The predicted octanol–water partition coefficient (Wildman–Crippen LogP) is 0.938. The molecule has 9 heteroatoms. The molecule has 2 aliphatic rings. The van der Waals surface area contributed by atoms with Gasteiger partial charge in [0.25, 0.3) is 5.91 Å². The molecule has 1 aromatic carbocycles. The molecule has 8 nitrogen and oxygen atoms in total. The number of carbonyl (C=O) groups is 2. The fraction of sp³-hybridized carbons (Fsp3) is 0.474. The number of hydrogen-bond donors (Lipinski definition) is 0. The zero-order chi connectivity index (χ0) is 19.5. The van der Waals surface area contributed by atoms with Crippen LogP contribution in [0.2, 0.25) is 0 Å². The average Bonchev–Trinajstić information content (AvgIpc) is 3.30. The summed E-state index contributed by atoms with van der Waals surface area (Å²) in [5.74, 6) is -0.266. The highest BCUT2D eigenvalue weighted by molar-refractivity contribution is 5.92. The topological polar surface area (TPSA) is 80.6 Å². The van der Waals surface area contributed by atoms with Crippen LogP contribution >= 0.6 is 0 Å². The summed E-state index contributed by atoms with van der Waals surface area (Å²) in [4.78, 5) is 28.2. The van der Waals surface area contributed by atoms with Crippen LogP contribution in [0.4, 0.5) is 4.39 Å². The van der Waals surface area contributed by atoms with Gasteiger partial charge in [-0.3, -0.25) is 14.3 Å². The first kappa shape index (κ1) is 18.5. The summed E-state index contributed by atoms with van der Waals surface area (Å²) in [7, 11) is 0. The Morgan fingerprint density at radius 2 is 1.96 bits per heavy atom. The third-order valence-electron chi connectivity index (χ3n) is 5.08. The molecular formula is C19H22FN5O3. The first-order valence-electron chi connectivity index (χ1n) is 9.38. The van der Waals surface area contributed by atoms with E-state index in [-0.39, 0.29) is 23.5 Å². The summed E-state index contributed by atoms with van der Waals surface area (Å²) in [5.41, 5.74) is 1.21. The largest absolute Gasteiger partial charge is 0.378 e. The molecule has 148 valence electrons. The van der Waals surface area contributed by atoms with E-state index in [9.17, 15) is 14.0 Å². The zero-order valence-corrected chi connectivity index (χ0v) is 15.5. The van der Waals surface area contributed by atoms with Gasteiger partial charge in [0.2, 0.25) is 5.91 Å². The van der Waals surface area contributed by atoms with Gasteiger partial charge in [-0.25, -0.2) is 4.39 Å². The van der Waals surface area contributed by atoms with Crippen LogP contribution in [-0.2, 0) is 22.6 Å². The Hall–Kier alpha value is -2.81. The van der Waals surface area contributed by atoms with Crippen molar-refractivity contribution in [1.29, 1.82) is 0 Å². The lowest BCUT2D eigenvalue weighted by Crippen LogP contribution is -2.40. The molecule has 0 bridgehead atoms. The molecule has 0 aliphatic carbocycles. The SMILES string of the molecule is O=C1CC(Cn2cc(C(=O)N3CCOCC3)nn2)CN1Cc1ccc(F)cc1. The second kappa shape index (κ2) is 8.05. The van der Waals surface area contributed by atoms with Crippen LogP contribution in [0.15, 0.2) is 30.5 Å². The summed E-state index contributed by atoms with van der Waals surface area (Å²) in [5, 5.41) is 8.05. The standard InChI is InChI=1S/C19H22FN5O3/c20-16-3-1-14(2-4-16)10-24-11-15(9-18(24)26)12-25-13-17(21-22-25)19(27)23-5-7-28-8-6-23/h1-4,13,15H,5-12H2. The molecule has 2 fully saturated rings.